The van der Waals surface area contributed by atoms with Crippen LogP contribution in [0.3, 0.4) is 0 Å². The van der Waals surface area contributed by atoms with Crippen molar-refractivity contribution in [1.29, 1.82) is 0 Å². The molecule has 0 aliphatic rings. The Morgan fingerprint density at radius 1 is 1.08 bits per heavy atom. The number of hydrogen-bond acceptors (Lipinski definition) is 7. The van der Waals surface area contributed by atoms with Crippen molar-refractivity contribution in [1.82, 2.24) is 24.7 Å². The van der Waals surface area contributed by atoms with Gasteiger partial charge in [0.1, 0.15) is 11.6 Å². The van der Waals surface area contributed by atoms with Crippen molar-refractivity contribution < 1.29 is 9.53 Å². The summed E-state index contributed by atoms with van der Waals surface area (Å²) in [7, 11) is 0. The number of benzene rings is 2. The topological polar surface area (TPSA) is 135 Å². The van der Waals surface area contributed by atoms with Crippen molar-refractivity contribution in [2.45, 2.75) is 32.3 Å². The minimum absolute atomic E-state index is 0.0886. The molecule has 0 unspecified atom stereocenters. The van der Waals surface area contributed by atoms with Crippen LogP contribution in [0.15, 0.2) is 63.3 Å². The van der Waals surface area contributed by atoms with Gasteiger partial charge in [0.2, 0.25) is 5.91 Å². The van der Waals surface area contributed by atoms with Gasteiger partial charge in [-0.1, -0.05) is 36.0 Å². The zero-order valence-corrected chi connectivity index (χ0v) is 20.9. The Balaban J connectivity index is 1.62. The van der Waals surface area contributed by atoms with Gasteiger partial charge in [-0.05, 0) is 50.1 Å². The van der Waals surface area contributed by atoms with Crippen LogP contribution in [0.4, 0.5) is 5.69 Å². The fourth-order valence-electron chi connectivity index (χ4n) is 3.66. The fourth-order valence-corrected chi connectivity index (χ4v) is 4.43. The van der Waals surface area contributed by atoms with Crippen LogP contribution in [0.2, 0.25) is 0 Å². The van der Waals surface area contributed by atoms with E-state index in [1.165, 1.54) is 17.8 Å². The van der Waals surface area contributed by atoms with Crippen LogP contribution in [0.5, 0.6) is 5.75 Å². The highest BCUT2D eigenvalue weighted by molar-refractivity contribution is 7.99. The number of hydrogen-bond donors (Lipinski definition) is 3. The maximum atomic E-state index is 12.8. The molecule has 186 valence electrons. The monoisotopic (exact) mass is 506 g/mol. The molecule has 0 atom stereocenters. The number of anilines is 1. The molecular formula is C25H26N6O4S. The molecule has 0 saturated carbocycles. The number of para-hydroxylation sites is 2. The van der Waals surface area contributed by atoms with Crippen LogP contribution >= 0.6 is 11.8 Å². The summed E-state index contributed by atoms with van der Waals surface area (Å²) in [5, 5.41) is 12.0. The second kappa shape index (κ2) is 11.1. The van der Waals surface area contributed by atoms with E-state index in [2.05, 4.69) is 25.5 Å². The minimum atomic E-state index is -0.589. The Kier molecular flexibility index (Phi) is 7.69. The number of nitrogens with one attached hydrogen (secondary N) is 3. The van der Waals surface area contributed by atoms with Gasteiger partial charge in [0.15, 0.2) is 5.16 Å². The van der Waals surface area contributed by atoms with Gasteiger partial charge in [-0.25, -0.2) is 4.79 Å². The number of thioether (sulfide) groups is 1. The maximum Gasteiger partial charge on any atom is 0.325 e. The smallest absolute Gasteiger partial charge is 0.325 e. The Bertz CT molecular complexity index is 1480. The van der Waals surface area contributed by atoms with Crippen molar-refractivity contribution in [3.8, 4) is 11.4 Å². The number of amides is 1. The standard InChI is InChI=1S/C25H26N6O4S/c1-4-35-20-8-6-5-7-18(20)27-23(33)14-36-25-30-29-21(12-17-13-22(32)28-24(34)26-17)31(25)19-11-15(2)9-10-16(19)3/h5-11,13H,4,12,14H2,1-3H3,(H,27,33)(H2,26,28,32,34). The predicted octanol–water partition coefficient (Wildman–Crippen LogP) is 2.98. The number of aromatic nitrogens is 5. The zero-order chi connectivity index (χ0) is 25.7. The van der Waals surface area contributed by atoms with E-state index in [9.17, 15) is 14.4 Å². The van der Waals surface area contributed by atoms with Crippen LogP contribution in [0.25, 0.3) is 5.69 Å². The van der Waals surface area contributed by atoms with Gasteiger partial charge in [0.05, 0.1) is 23.7 Å². The third-order valence-electron chi connectivity index (χ3n) is 5.26. The molecule has 2 heterocycles. The van der Waals surface area contributed by atoms with E-state index >= 15 is 0 Å². The number of rotatable bonds is 9. The molecule has 0 radical (unpaired) electrons. The maximum absolute atomic E-state index is 12.8. The van der Waals surface area contributed by atoms with Crippen LogP contribution < -0.4 is 21.3 Å². The first-order valence-electron chi connectivity index (χ1n) is 11.3. The van der Waals surface area contributed by atoms with E-state index in [-0.39, 0.29) is 18.1 Å². The van der Waals surface area contributed by atoms with E-state index in [1.54, 1.807) is 12.1 Å². The summed E-state index contributed by atoms with van der Waals surface area (Å²) in [6, 6.07) is 14.6. The molecule has 36 heavy (non-hydrogen) atoms. The molecule has 1 amide bonds. The molecule has 10 nitrogen and oxygen atoms in total. The van der Waals surface area contributed by atoms with Gasteiger partial charge < -0.3 is 15.0 Å². The van der Waals surface area contributed by atoms with Gasteiger partial charge in [-0.2, -0.15) is 0 Å². The van der Waals surface area contributed by atoms with Crippen LogP contribution in [-0.4, -0.2) is 43.0 Å². The number of carbonyl (C=O) groups excluding carboxylic acids is 1. The summed E-state index contributed by atoms with van der Waals surface area (Å²) in [6.45, 7) is 6.33. The lowest BCUT2D eigenvalue weighted by Gasteiger charge is -2.14. The Morgan fingerprint density at radius 2 is 1.89 bits per heavy atom. The normalized spacial score (nSPS) is 10.9. The molecule has 4 aromatic rings. The molecule has 0 spiro atoms. The van der Waals surface area contributed by atoms with Crippen LogP contribution in [0, 0.1) is 13.8 Å². The van der Waals surface area contributed by atoms with E-state index in [4.69, 9.17) is 4.74 Å². The summed E-state index contributed by atoms with van der Waals surface area (Å²) in [6.07, 6.45) is 0.175. The van der Waals surface area contributed by atoms with Gasteiger partial charge in [0.25, 0.3) is 5.56 Å². The molecule has 0 aliphatic heterocycles. The highest BCUT2D eigenvalue weighted by atomic mass is 32.2. The Labute approximate surface area is 211 Å². The third-order valence-corrected chi connectivity index (χ3v) is 6.19. The Hall–Kier alpha value is -4.12. The van der Waals surface area contributed by atoms with Crippen LogP contribution in [-0.2, 0) is 11.2 Å². The summed E-state index contributed by atoms with van der Waals surface area (Å²) in [5.74, 6) is 0.995. The van der Waals surface area contributed by atoms with Crippen molar-refractivity contribution in [2.24, 2.45) is 0 Å². The average molecular weight is 507 g/mol. The summed E-state index contributed by atoms with van der Waals surface area (Å²) >= 11 is 1.24. The molecular weight excluding hydrogens is 480 g/mol. The Morgan fingerprint density at radius 3 is 2.67 bits per heavy atom. The molecule has 2 aromatic heterocycles. The summed E-state index contributed by atoms with van der Waals surface area (Å²) < 4.78 is 7.44. The highest BCUT2D eigenvalue weighted by Crippen LogP contribution is 2.27. The number of aromatic amines is 2. The molecule has 0 aliphatic carbocycles. The lowest BCUT2D eigenvalue weighted by atomic mass is 10.1. The third kappa shape index (κ3) is 5.92. The second-order valence-electron chi connectivity index (χ2n) is 8.08. The van der Waals surface area contributed by atoms with E-state index < -0.39 is 11.2 Å². The van der Waals surface area contributed by atoms with E-state index in [0.717, 1.165) is 16.8 Å². The summed E-state index contributed by atoms with van der Waals surface area (Å²) in [5.41, 5.74) is 2.80. The van der Waals surface area contributed by atoms with Crippen molar-refractivity contribution in [3.63, 3.8) is 0 Å². The number of aryl methyl sites for hydroxylation is 2. The zero-order valence-electron chi connectivity index (χ0n) is 20.1. The number of H-pyrrole nitrogens is 2. The first-order valence-corrected chi connectivity index (χ1v) is 12.3. The molecule has 0 bridgehead atoms. The predicted molar refractivity (Wildman–Crippen MR) is 138 cm³/mol. The average Bonchev–Trinajstić information content (AvgIpc) is 3.22. The number of nitrogens with zero attached hydrogens (tertiary/aromatic N) is 3. The largest absolute Gasteiger partial charge is 0.492 e. The summed E-state index contributed by atoms with van der Waals surface area (Å²) in [4.78, 5) is 41.1. The molecule has 0 fully saturated rings. The van der Waals surface area contributed by atoms with Gasteiger partial charge in [-0.3, -0.25) is 19.1 Å². The molecule has 3 N–H and O–H groups in total. The molecule has 11 heteroatoms. The van der Waals surface area contributed by atoms with Gasteiger partial charge >= 0.3 is 5.69 Å². The van der Waals surface area contributed by atoms with E-state index in [0.29, 0.717) is 34.7 Å². The SMILES string of the molecule is CCOc1ccccc1NC(=O)CSc1nnc(Cc2cc(=O)[nH]c(=O)[nH]2)n1-c1cc(C)ccc1C. The molecule has 0 saturated heterocycles. The second-order valence-corrected chi connectivity index (χ2v) is 9.02. The van der Waals surface area contributed by atoms with Crippen LogP contribution in [0.1, 0.15) is 29.6 Å². The first-order chi connectivity index (χ1) is 17.3. The van der Waals surface area contributed by atoms with E-state index in [1.807, 2.05) is 55.7 Å². The van der Waals surface area contributed by atoms with Gasteiger partial charge in [0, 0.05) is 18.2 Å². The van der Waals surface area contributed by atoms with Crippen molar-refractivity contribution >= 4 is 23.4 Å². The molecule has 2 aromatic carbocycles. The lowest BCUT2D eigenvalue weighted by molar-refractivity contribution is -0.113. The highest BCUT2D eigenvalue weighted by Gasteiger charge is 2.19. The van der Waals surface area contributed by atoms with Crippen molar-refractivity contribution in [3.05, 3.63) is 92.0 Å². The first kappa shape index (κ1) is 25.0. The number of ether oxygens (including phenoxy) is 1. The van der Waals surface area contributed by atoms with Crippen molar-refractivity contribution in [2.75, 3.05) is 17.7 Å². The quantitative estimate of drug-likeness (QED) is 0.297. The molecule has 4 rings (SSSR count). The fraction of sp³-hybridized carbons (Fsp3) is 0.240. The van der Waals surface area contributed by atoms with Gasteiger partial charge in [-0.15, -0.1) is 10.2 Å². The lowest BCUT2D eigenvalue weighted by Crippen LogP contribution is -2.23. The number of carbonyl (C=O) groups is 1. The minimum Gasteiger partial charge on any atom is -0.492 e.